The lowest BCUT2D eigenvalue weighted by Crippen LogP contribution is -2.22. The van der Waals surface area contributed by atoms with Gasteiger partial charge in [-0.2, -0.15) is 0 Å². The molecular formula is C25H28N4O2S. The Morgan fingerprint density at radius 2 is 1.94 bits per heavy atom. The lowest BCUT2D eigenvalue weighted by atomic mass is 10.0. The second-order valence-electron chi connectivity index (χ2n) is 8.52. The van der Waals surface area contributed by atoms with Crippen LogP contribution in [0, 0.1) is 0 Å². The highest BCUT2D eigenvalue weighted by atomic mass is 32.2. The van der Waals surface area contributed by atoms with Gasteiger partial charge >= 0.3 is 0 Å². The summed E-state index contributed by atoms with van der Waals surface area (Å²) in [6.07, 6.45) is 5.70. The second kappa shape index (κ2) is 9.22. The van der Waals surface area contributed by atoms with Gasteiger partial charge < -0.3 is 10.2 Å². The zero-order valence-corrected chi connectivity index (χ0v) is 19.5. The number of hydrogen-bond donors (Lipinski definition) is 1. The molecule has 6 nitrogen and oxygen atoms in total. The van der Waals surface area contributed by atoms with Gasteiger partial charge in [0.25, 0.3) is 0 Å². The van der Waals surface area contributed by atoms with Gasteiger partial charge in [0.2, 0.25) is 5.95 Å². The molecule has 1 N–H and O–H groups in total. The lowest BCUT2D eigenvalue weighted by Gasteiger charge is -2.11. The number of anilines is 2. The van der Waals surface area contributed by atoms with Crippen LogP contribution < -0.4 is 5.32 Å². The van der Waals surface area contributed by atoms with E-state index in [1.54, 1.807) is 24.4 Å². The van der Waals surface area contributed by atoms with E-state index in [4.69, 9.17) is 0 Å². The van der Waals surface area contributed by atoms with Gasteiger partial charge in [-0.3, -0.25) is 0 Å². The molecule has 7 heteroatoms. The van der Waals surface area contributed by atoms with E-state index in [-0.39, 0.29) is 5.75 Å². The number of benzene rings is 2. The third kappa shape index (κ3) is 5.41. The highest BCUT2D eigenvalue weighted by Crippen LogP contribution is 2.26. The van der Waals surface area contributed by atoms with Crippen LogP contribution in [0.4, 0.5) is 11.6 Å². The topological polar surface area (TPSA) is 75.2 Å². The monoisotopic (exact) mass is 448 g/mol. The number of nitrogens with zero attached hydrogens (tertiary/aromatic N) is 3. The van der Waals surface area contributed by atoms with Crippen LogP contribution >= 0.6 is 0 Å². The first-order valence-corrected chi connectivity index (χ1v) is 12.3. The molecule has 0 aliphatic heterocycles. The van der Waals surface area contributed by atoms with Crippen molar-refractivity contribution in [3.05, 3.63) is 82.7 Å². The van der Waals surface area contributed by atoms with Crippen molar-refractivity contribution in [2.45, 2.75) is 24.7 Å². The second-order valence-corrected chi connectivity index (χ2v) is 10.6. The van der Waals surface area contributed by atoms with Crippen LogP contribution in [0.1, 0.15) is 29.3 Å². The zero-order chi connectivity index (χ0) is 22.7. The molecule has 0 bridgehead atoms. The number of allylic oxidation sites excluding steroid dienone is 1. The normalized spacial score (nSPS) is 13.2. The fourth-order valence-electron chi connectivity index (χ4n) is 3.75. The van der Waals surface area contributed by atoms with E-state index in [1.165, 1.54) is 22.3 Å². The van der Waals surface area contributed by atoms with E-state index in [1.807, 2.05) is 31.1 Å². The maximum atomic E-state index is 12.6. The van der Waals surface area contributed by atoms with Crippen LogP contribution in [0.3, 0.4) is 0 Å². The molecule has 166 valence electrons. The van der Waals surface area contributed by atoms with Gasteiger partial charge in [-0.05, 0) is 68.4 Å². The Morgan fingerprint density at radius 1 is 1.09 bits per heavy atom. The molecule has 0 radical (unpaired) electrons. The van der Waals surface area contributed by atoms with Gasteiger partial charge in [-0.1, -0.05) is 35.9 Å². The fraction of sp³-hybridized carbons (Fsp3) is 0.280. The molecule has 4 rings (SSSR count). The van der Waals surface area contributed by atoms with Gasteiger partial charge in [-0.25, -0.2) is 18.4 Å². The van der Waals surface area contributed by atoms with Crippen LogP contribution in [0.2, 0.25) is 0 Å². The summed E-state index contributed by atoms with van der Waals surface area (Å²) < 4.78 is 25.2. The zero-order valence-electron chi connectivity index (χ0n) is 18.7. The first kappa shape index (κ1) is 22.2. The quantitative estimate of drug-likeness (QED) is 0.559. The molecule has 0 atom stereocenters. The summed E-state index contributed by atoms with van der Waals surface area (Å²) in [6.45, 7) is 2.63. The molecule has 1 aromatic heterocycles. The highest BCUT2D eigenvalue weighted by molar-refractivity contribution is 7.91. The SMILES string of the molecule is CC1=Cc2cc(Cc3ccnc(Nc4cccc(S(=O)(=O)CCN(C)C)c4)n3)ccc2C1. The van der Waals surface area contributed by atoms with Gasteiger partial charge in [0.1, 0.15) is 0 Å². The fourth-order valence-corrected chi connectivity index (χ4v) is 5.18. The Hall–Kier alpha value is -3.03. The third-order valence-electron chi connectivity index (χ3n) is 5.44. The van der Waals surface area contributed by atoms with E-state index in [2.05, 4.69) is 46.5 Å². The molecule has 1 aliphatic rings. The predicted molar refractivity (Wildman–Crippen MR) is 129 cm³/mol. The molecule has 0 spiro atoms. The van der Waals surface area contributed by atoms with Gasteiger partial charge in [0.15, 0.2) is 9.84 Å². The average Bonchev–Trinajstić information content (AvgIpc) is 3.12. The van der Waals surface area contributed by atoms with Crippen molar-refractivity contribution < 1.29 is 8.42 Å². The molecule has 32 heavy (non-hydrogen) atoms. The van der Waals surface area contributed by atoms with Gasteiger partial charge in [0.05, 0.1) is 16.3 Å². The largest absolute Gasteiger partial charge is 0.324 e. The van der Waals surface area contributed by atoms with E-state index in [0.29, 0.717) is 29.5 Å². The van der Waals surface area contributed by atoms with Crippen LogP contribution in [-0.2, 0) is 22.7 Å². The van der Waals surface area contributed by atoms with E-state index >= 15 is 0 Å². The summed E-state index contributed by atoms with van der Waals surface area (Å²) in [7, 11) is 0.364. The Bertz CT molecular complexity index is 1270. The maximum absolute atomic E-state index is 12.6. The number of fused-ring (bicyclic) bond motifs is 1. The molecule has 1 heterocycles. The molecule has 0 saturated carbocycles. The Kier molecular flexibility index (Phi) is 6.39. The first-order chi connectivity index (χ1) is 15.3. The number of rotatable bonds is 8. The summed E-state index contributed by atoms with van der Waals surface area (Å²) in [5.41, 5.74) is 6.79. The minimum absolute atomic E-state index is 0.0743. The van der Waals surface area contributed by atoms with Crippen molar-refractivity contribution in [1.82, 2.24) is 14.9 Å². The van der Waals surface area contributed by atoms with Crippen molar-refractivity contribution in [1.29, 1.82) is 0 Å². The molecule has 2 aromatic carbocycles. The molecular weight excluding hydrogens is 420 g/mol. The van der Waals surface area contributed by atoms with Crippen LogP contribution in [0.25, 0.3) is 6.08 Å². The minimum atomic E-state index is -3.36. The lowest BCUT2D eigenvalue weighted by molar-refractivity contribution is 0.432. The Balaban J connectivity index is 1.48. The maximum Gasteiger partial charge on any atom is 0.227 e. The summed E-state index contributed by atoms with van der Waals surface area (Å²) in [5.74, 6) is 0.521. The molecule has 0 fully saturated rings. The predicted octanol–water partition coefficient (Wildman–Crippen LogP) is 4.11. The minimum Gasteiger partial charge on any atom is -0.324 e. The molecule has 0 saturated heterocycles. The number of sulfone groups is 1. The highest BCUT2D eigenvalue weighted by Gasteiger charge is 2.15. The van der Waals surface area contributed by atoms with Crippen molar-refractivity contribution in [2.75, 3.05) is 31.7 Å². The number of hydrogen-bond acceptors (Lipinski definition) is 6. The summed E-state index contributed by atoms with van der Waals surface area (Å²) >= 11 is 0. The Labute approximate surface area is 190 Å². The average molecular weight is 449 g/mol. The van der Waals surface area contributed by atoms with Crippen molar-refractivity contribution in [3.63, 3.8) is 0 Å². The summed E-state index contributed by atoms with van der Waals surface area (Å²) in [4.78, 5) is 11.1. The smallest absolute Gasteiger partial charge is 0.227 e. The summed E-state index contributed by atoms with van der Waals surface area (Å²) in [6, 6.07) is 15.3. The van der Waals surface area contributed by atoms with Gasteiger partial charge in [-0.15, -0.1) is 0 Å². The molecule has 0 unspecified atom stereocenters. The molecule has 0 amide bonds. The van der Waals surface area contributed by atoms with E-state index in [9.17, 15) is 8.42 Å². The number of nitrogens with one attached hydrogen (secondary N) is 1. The van der Waals surface area contributed by atoms with E-state index in [0.717, 1.165) is 12.1 Å². The van der Waals surface area contributed by atoms with Crippen LogP contribution in [-0.4, -0.2) is 49.7 Å². The van der Waals surface area contributed by atoms with Gasteiger partial charge in [0, 0.05) is 24.8 Å². The van der Waals surface area contributed by atoms with Crippen LogP contribution in [0.5, 0.6) is 0 Å². The number of aromatic nitrogens is 2. The van der Waals surface area contributed by atoms with Crippen molar-refractivity contribution in [3.8, 4) is 0 Å². The van der Waals surface area contributed by atoms with E-state index < -0.39 is 9.84 Å². The standard InChI is InChI=1S/C25H28N4O2S/c1-18-13-20-8-7-19(15-21(20)14-18)16-23-9-10-26-25(28-23)27-22-5-4-6-24(17-22)32(30,31)12-11-29(2)3/h4-10,14-15,17H,11-13,16H2,1-3H3,(H,26,27,28). The van der Waals surface area contributed by atoms with Crippen LogP contribution in [0.15, 0.2) is 65.2 Å². The first-order valence-electron chi connectivity index (χ1n) is 10.6. The summed E-state index contributed by atoms with van der Waals surface area (Å²) in [5, 5.41) is 3.15. The third-order valence-corrected chi connectivity index (χ3v) is 7.13. The Morgan fingerprint density at radius 3 is 2.75 bits per heavy atom. The van der Waals surface area contributed by atoms with Crippen molar-refractivity contribution in [2.24, 2.45) is 0 Å². The molecule has 1 aliphatic carbocycles. The molecule has 3 aromatic rings. The van der Waals surface area contributed by atoms with Crippen molar-refractivity contribution >= 4 is 27.5 Å².